The lowest BCUT2D eigenvalue weighted by Crippen LogP contribution is -2.37. The van der Waals surface area contributed by atoms with E-state index in [0.29, 0.717) is 11.4 Å². The lowest BCUT2D eigenvalue weighted by atomic mass is 10.1. The Morgan fingerprint density at radius 3 is 2.47 bits per heavy atom. The van der Waals surface area contributed by atoms with Crippen molar-refractivity contribution in [3.8, 4) is 5.75 Å². The molecule has 1 aromatic carbocycles. The highest BCUT2D eigenvalue weighted by molar-refractivity contribution is 5.97. The Bertz CT molecular complexity index is 500. The van der Waals surface area contributed by atoms with E-state index in [0.717, 1.165) is 11.1 Å². The molecule has 0 aliphatic carbocycles. The van der Waals surface area contributed by atoms with E-state index in [2.05, 4.69) is 5.32 Å². The van der Waals surface area contributed by atoms with Crippen LogP contribution in [-0.4, -0.2) is 30.1 Å². The van der Waals surface area contributed by atoms with Gasteiger partial charge in [0.15, 0.2) is 0 Å². The molecule has 1 amide bonds. The highest BCUT2D eigenvalue weighted by atomic mass is 16.5. The zero-order valence-corrected chi connectivity index (χ0v) is 11.2. The second-order valence-corrected chi connectivity index (χ2v) is 4.33. The lowest BCUT2D eigenvalue weighted by Gasteiger charge is -2.15. The molecule has 1 unspecified atom stereocenters. The Morgan fingerprint density at radius 2 is 1.95 bits per heavy atom. The number of hydrogen-bond donors (Lipinski definition) is 3. The Labute approximate surface area is 111 Å². The molecule has 0 fully saturated rings. The Balaban J connectivity index is 2.90. The molecule has 6 heteroatoms. The summed E-state index contributed by atoms with van der Waals surface area (Å²) in [7, 11) is 1.50. The van der Waals surface area contributed by atoms with E-state index in [-0.39, 0.29) is 0 Å². The molecule has 4 N–H and O–H groups in total. The predicted octanol–water partition coefficient (Wildman–Crippen LogP) is 1.05. The normalized spacial score (nSPS) is 11.8. The molecule has 19 heavy (non-hydrogen) atoms. The van der Waals surface area contributed by atoms with Gasteiger partial charge in [0.1, 0.15) is 5.75 Å². The number of carbonyl (C=O) groups excluding carboxylic acids is 1. The highest BCUT2D eigenvalue weighted by Gasteiger charge is 2.18. The summed E-state index contributed by atoms with van der Waals surface area (Å²) in [6, 6.07) is 2.47. The fourth-order valence-corrected chi connectivity index (χ4v) is 1.56. The van der Waals surface area contributed by atoms with Gasteiger partial charge in [-0.05, 0) is 37.1 Å². The summed E-state index contributed by atoms with van der Waals surface area (Å²) in [5.41, 5.74) is 8.00. The first-order valence-corrected chi connectivity index (χ1v) is 5.78. The van der Waals surface area contributed by atoms with Gasteiger partial charge in [0.25, 0.3) is 0 Å². The summed E-state index contributed by atoms with van der Waals surface area (Å²) in [6.07, 6.45) is -0.418. The van der Waals surface area contributed by atoms with Crippen molar-refractivity contribution < 1.29 is 19.4 Å². The van der Waals surface area contributed by atoms with Crippen LogP contribution in [0.5, 0.6) is 5.75 Å². The van der Waals surface area contributed by atoms with Gasteiger partial charge in [0.05, 0.1) is 25.3 Å². The lowest BCUT2D eigenvalue weighted by molar-refractivity contribution is -0.138. The number of ether oxygens (including phenoxy) is 1. The first-order valence-electron chi connectivity index (χ1n) is 5.78. The molecule has 0 radical (unpaired) electrons. The summed E-state index contributed by atoms with van der Waals surface area (Å²) < 4.78 is 5.17. The second kappa shape index (κ2) is 6.19. The molecule has 0 spiro atoms. The molecular weight excluding hydrogens is 248 g/mol. The zero-order chi connectivity index (χ0) is 14.6. The standard InChI is InChI=1S/C13H18N2O4/c1-7-4-10(11(19-3)5-8(7)2)15-13(18)9(14)6-12(16)17/h4-5,9H,6,14H2,1-3H3,(H,15,18)(H,16,17). The van der Waals surface area contributed by atoms with Crippen LogP contribution in [0.15, 0.2) is 12.1 Å². The van der Waals surface area contributed by atoms with Crippen molar-refractivity contribution in [3.63, 3.8) is 0 Å². The third kappa shape index (κ3) is 3.96. The fourth-order valence-electron chi connectivity index (χ4n) is 1.56. The number of aryl methyl sites for hydroxylation is 2. The van der Waals surface area contributed by atoms with Gasteiger partial charge in [-0.25, -0.2) is 0 Å². The largest absolute Gasteiger partial charge is 0.495 e. The van der Waals surface area contributed by atoms with E-state index in [9.17, 15) is 9.59 Å². The maximum Gasteiger partial charge on any atom is 0.305 e. The topological polar surface area (TPSA) is 102 Å². The molecule has 104 valence electrons. The summed E-state index contributed by atoms with van der Waals surface area (Å²) >= 11 is 0. The number of nitrogens with one attached hydrogen (secondary N) is 1. The predicted molar refractivity (Wildman–Crippen MR) is 71.3 cm³/mol. The van der Waals surface area contributed by atoms with Crippen LogP contribution in [0.3, 0.4) is 0 Å². The number of aliphatic carboxylic acids is 1. The van der Waals surface area contributed by atoms with Crippen molar-refractivity contribution in [2.75, 3.05) is 12.4 Å². The molecule has 0 bridgehead atoms. The molecule has 0 heterocycles. The van der Waals surface area contributed by atoms with Crippen molar-refractivity contribution in [1.29, 1.82) is 0 Å². The maximum absolute atomic E-state index is 11.8. The third-order valence-electron chi connectivity index (χ3n) is 2.80. The van der Waals surface area contributed by atoms with Crippen LogP contribution < -0.4 is 15.8 Å². The number of carboxylic acids is 1. The van der Waals surface area contributed by atoms with Crippen LogP contribution in [-0.2, 0) is 9.59 Å². The smallest absolute Gasteiger partial charge is 0.305 e. The number of nitrogens with two attached hydrogens (primary N) is 1. The Morgan fingerprint density at radius 1 is 1.37 bits per heavy atom. The van der Waals surface area contributed by atoms with E-state index >= 15 is 0 Å². The van der Waals surface area contributed by atoms with Gasteiger partial charge in [0.2, 0.25) is 5.91 Å². The molecular formula is C13H18N2O4. The highest BCUT2D eigenvalue weighted by Crippen LogP contribution is 2.28. The number of methoxy groups -OCH3 is 1. The number of anilines is 1. The van der Waals surface area contributed by atoms with Gasteiger partial charge in [-0.15, -0.1) is 0 Å². The third-order valence-corrected chi connectivity index (χ3v) is 2.80. The zero-order valence-electron chi connectivity index (χ0n) is 11.2. The van der Waals surface area contributed by atoms with E-state index in [4.69, 9.17) is 15.6 Å². The molecule has 1 atom stereocenters. The first-order chi connectivity index (χ1) is 8.85. The molecule has 0 saturated heterocycles. The minimum Gasteiger partial charge on any atom is -0.495 e. The monoisotopic (exact) mass is 266 g/mol. The minimum absolute atomic E-state index is 0.418. The van der Waals surface area contributed by atoms with Crippen molar-refractivity contribution >= 4 is 17.6 Å². The van der Waals surface area contributed by atoms with Gasteiger partial charge >= 0.3 is 5.97 Å². The number of hydrogen-bond acceptors (Lipinski definition) is 4. The van der Waals surface area contributed by atoms with Gasteiger partial charge < -0.3 is 20.9 Å². The van der Waals surface area contributed by atoms with E-state index in [1.165, 1.54) is 7.11 Å². The van der Waals surface area contributed by atoms with E-state index in [1.807, 2.05) is 13.8 Å². The van der Waals surface area contributed by atoms with Crippen LogP contribution >= 0.6 is 0 Å². The molecule has 0 aliphatic rings. The molecule has 0 saturated carbocycles. The van der Waals surface area contributed by atoms with Gasteiger partial charge in [0, 0.05) is 0 Å². The van der Waals surface area contributed by atoms with Crippen LogP contribution in [0.25, 0.3) is 0 Å². The number of benzene rings is 1. The number of amides is 1. The van der Waals surface area contributed by atoms with Crippen molar-refractivity contribution in [2.24, 2.45) is 5.73 Å². The van der Waals surface area contributed by atoms with Gasteiger partial charge in [-0.2, -0.15) is 0 Å². The summed E-state index contributed by atoms with van der Waals surface area (Å²) in [4.78, 5) is 22.3. The van der Waals surface area contributed by atoms with Crippen LogP contribution in [0.1, 0.15) is 17.5 Å². The van der Waals surface area contributed by atoms with Crippen molar-refractivity contribution in [1.82, 2.24) is 0 Å². The maximum atomic E-state index is 11.8. The average Bonchev–Trinajstić information content (AvgIpc) is 2.32. The second-order valence-electron chi connectivity index (χ2n) is 4.33. The van der Waals surface area contributed by atoms with Gasteiger partial charge in [-0.1, -0.05) is 0 Å². The SMILES string of the molecule is COc1cc(C)c(C)cc1NC(=O)C(N)CC(=O)O. The van der Waals surface area contributed by atoms with Crippen LogP contribution in [0.2, 0.25) is 0 Å². The average molecular weight is 266 g/mol. The minimum atomic E-state index is -1.12. The van der Waals surface area contributed by atoms with Crippen LogP contribution in [0, 0.1) is 13.8 Å². The number of carboxylic acid groups (broad SMARTS) is 1. The van der Waals surface area contributed by atoms with Crippen LogP contribution in [0.4, 0.5) is 5.69 Å². The van der Waals surface area contributed by atoms with Gasteiger partial charge in [-0.3, -0.25) is 9.59 Å². The fraction of sp³-hybridized carbons (Fsp3) is 0.385. The Kier molecular flexibility index (Phi) is 4.88. The summed E-state index contributed by atoms with van der Waals surface area (Å²) in [6.45, 7) is 3.83. The summed E-state index contributed by atoms with van der Waals surface area (Å²) in [5, 5.41) is 11.2. The number of rotatable bonds is 5. The quantitative estimate of drug-likeness (QED) is 0.739. The van der Waals surface area contributed by atoms with Crippen molar-refractivity contribution in [3.05, 3.63) is 23.3 Å². The van der Waals surface area contributed by atoms with E-state index < -0.39 is 24.3 Å². The summed E-state index contributed by atoms with van der Waals surface area (Å²) in [5.74, 6) is -1.15. The molecule has 0 aliphatic heterocycles. The Hall–Kier alpha value is -2.08. The molecule has 1 rings (SSSR count). The molecule has 0 aromatic heterocycles. The van der Waals surface area contributed by atoms with Crippen molar-refractivity contribution in [2.45, 2.75) is 26.3 Å². The van der Waals surface area contributed by atoms with E-state index in [1.54, 1.807) is 12.1 Å². The first kappa shape index (κ1) is 15.0. The molecule has 6 nitrogen and oxygen atoms in total. The number of carbonyl (C=O) groups is 2. The molecule has 1 aromatic rings.